The molecule has 0 saturated carbocycles. The highest BCUT2D eigenvalue weighted by atomic mass is 16.4. The monoisotopic (exact) mass is 299 g/mol. The van der Waals surface area contributed by atoms with E-state index in [4.69, 9.17) is 5.11 Å². The molecule has 2 rings (SSSR count). The van der Waals surface area contributed by atoms with Gasteiger partial charge in [0.15, 0.2) is 5.82 Å². The number of benzene rings is 1. The first-order chi connectivity index (χ1) is 10.5. The molecule has 2 aromatic rings. The summed E-state index contributed by atoms with van der Waals surface area (Å²) in [5, 5.41) is 11.3. The minimum Gasteiger partial charge on any atom is -0.481 e. The summed E-state index contributed by atoms with van der Waals surface area (Å²) in [6.07, 6.45) is 1.33. The molecule has 0 spiro atoms. The Kier molecular flexibility index (Phi) is 4.83. The van der Waals surface area contributed by atoms with Gasteiger partial charge in [-0.1, -0.05) is 30.3 Å². The Morgan fingerprint density at radius 2 is 1.95 bits per heavy atom. The fourth-order valence-corrected chi connectivity index (χ4v) is 2.03. The highest BCUT2D eigenvalue weighted by Crippen LogP contribution is 2.15. The number of aliphatic carboxylic acids is 1. The van der Waals surface area contributed by atoms with Crippen molar-refractivity contribution in [2.24, 2.45) is 0 Å². The van der Waals surface area contributed by atoms with E-state index in [0.717, 1.165) is 5.56 Å². The van der Waals surface area contributed by atoms with E-state index in [1.54, 1.807) is 13.8 Å². The van der Waals surface area contributed by atoms with E-state index in [0.29, 0.717) is 17.1 Å². The second kappa shape index (κ2) is 6.80. The highest BCUT2D eigenvalue weighted by Gasteiger charge is 2.16. The summed E-state index contributed by atoms with van der Waals surface area (Å²) in [6.45, 7) is 3.37. The van der Waals surface area contributed by atoms with Crippen molar-refractivity contribution in [2.45, 2.75) is 26.3 Å². The van der Waals surface area contributed by atoms with Crippen LogP contribution in [0.4, 0.5) is 0 Å². The molecule has 0 radical (unpaired) electrons. The number of hydrogen-bond donors (Lipinski definition) is 2. The summed E-state index contributed by atoms with van der Waals surface area (Å²) in [6, 6.07) is 9.01. The average molecular weight is 299 g/mol. The molecule has 1 aromatic heterocycles. The Morgan fingerprint density at radius 3 is 2.55 bits per heavy atom. The molecule has 0 bridgehead atoms. The minimum absolute atomic E-state index is 0.131. The third-order valence-corrected chi connectivity index (χ3v) is 3.11. The summed E-state index contributed by atoms with van der Waals surface area (Å²) >= 11 is 0. The second-order valence-corrected chi connectivity index (χ2v) is 5.03. The van der Waals surface area contributed by atoms with Crippen LogP contribution in [0.15, 0.2) is 36.5 Å². The zero-order valence-electron chi connectivity index (χ0n) is 12.4. The number of carbonyl (C=O) groups is 2. The molecule has 2 N–H and O–H groups in total. The zero-order valence-corrected chi connectivity index (χ0v) is 12.4. The largest absolute Gasteiger partial charge is 0.481 e. The number of amides is 1. The summed E-state index contributed by atoms with van der Waals surface area (Å²) in [5.41, 5.74) is 1.77. The molecule has 1 amide bonds. The molecule has 6 nitrogen and oxygen atoms in total. The van der Waals surface area contributed by atoms with Crippen LogP contribution < -0.4 is 5.32 Å². The molecule has 0 aliphatic heterocycles. The van der Waals surface area contributed by atoms with E-state index in [1.165, 1.54) is 6.20 Å². The van der Waals surface area contributed by atoms with Gasteiger partial charge in [0, 0.05) is 17.8 Å². The van der Waals surface area contributed by atoms with E-state index >= 15 is 0 Å². The minimum atomic E-state index is -0.958. The van der Waals surface area contributed by atoms with Gasteiger partial charge in [0.05, 0.1) is 17.7 Å². The number of aromatic nitrogens is 2. The van der Waals surface area contributed by atoms with Crippen molar-refractivity contribution in [3.05, 3.63) is 47.8 Å². The predicted octanol–water partition coefficient (Wildman–Crippen LogP) is 2.05. The van der Waals surface area contributed by atoms with Crippen molar-refractivity contribution >= 4 is 11.9 Å². The van der Waals surface area contributed by atoms with Crippen LogP contribution in [0.1, 0.15) is 29.4 Å². The smallest absolute Gasteiger partial charge is 0.305 e. The van der Waals surface area contributed by atoms with Gasteiger partial charge in [-0.2, -0.15) is 0 Å². The normalized spacial score (nSPS) is 11.7. The SMILES string of the molecule is Cc1nc(-c2ccccc2)ncc1C(=O)NC(C)CC(=O)O. The van der Waals surface area contributed by atoms with E-state index in [9.17, 15) is 9.59 Å². The lowest BCUT2D eigenvalue weighted by molar-refractivity contribution is -0.137. The van der Waals surface area contributed by atoms with Gasteiger partial charge in [-0.15, -0.1) is 0 Å². The molecule has 1 heterocycles. The Morgan fingerprint density at radius 1 is 1.27 bits per heavy atom. The van der Waals surface area contributed by atoms with Gasteiger partial charge in [-0.25, -0.2) is 9.97 Å². The van der Waals surface area contributed by atoms with Crippen LogP contribution in [-0.2, 0) is 4.79 Å². The summed E-state index contributed by atoms with van der Waals surface area (Å²) < 4.78 is 0. The lowest BCUT2D eigenvalue weighted by Gasteiger charge is -2.12. The van der Waals surface area contributed by atoms with Crippen LogP contribution in [0, 0.1) is 6.92 Å². The third kappa shape index (κ3) is 3.88. The third-order valence-electron chi connectivity index (χ3n) is 3.11. The Hall–Kier alpha value is -2.76. The number of hydrogen-bond acceptors (Lipinski definition) is 4. The topological polar surface area (TPSA) is 92.2 Å². The lowest BCUT2D eigenvalue weighted by Crippen LogP contribution is -2.34. The molecule has 0 aliphatic carbocycles. The Labute approximate surface area is 128 Å². The van der Waals surface area contributed by atoms with Crippen molar-refractivity contribution in [2.75, 3.05) is 0 Å². The van der Waals surface area contributed by atoms with Crippen molar-refractivity contribution in [1.29, 1.82) is 0 Å². The van der Waals surface area contributed by atoms with Crippen LogP contribution in [0.2, 0.25) is 0 Å². The van der Waals surface area contributed by atoms with E-state index in [1.807, 2.05) is 30.3 Å². The molecule has 0 aliphatic rings. The second-order valence-electron chi connectivity index (χ2n) is 5.03. The maximum atomic E-state index is 12.1. The zero-order chi connectivity index (χ0) is 16.1. The molecule has 0 saturated heterocycles. The first kappa shape index (κ1) is 15.6. The average Bonchev–Trinajstić information content (AvgIpc) is 2.46. The molecule has 114 valence electrons. The van der Waals surface area contributed by atoms with Gasteiger partial charge in [0.2, 0.25) is 0 Å². The number of rotatable bonds is 5. The van der Waals surface area contributed by atoms with Crippen LogP contribution in [0.3, 0.4) is 0 Å². The Bertz CT molecular complexity index is 686. The van der Waals surface area contributed by atoms with Crippen LogP contribution in [0.5, 0.6) is 0 Å². The van der Waals surface area contributed by atoms with Crippen molar-refractivity contribution in [3.63, 3.8) is 0 Å². The number of nitrogens with zero attached hydrogens (tertiary/aromatic N) is 2. The number of carboxylic acids is 1. The van der Waals surface area contributed by atoms with Gasteiger partial charge >= 0.3 is 5.97 Å². The molecular formula is C16H17N3O3. The maximum Gasteiger partial charge on any atom is 0.305 e. The fraction of sp³-hybridized carbons (Fsp3) is 0.250. The van der Waals surface area contributed by atoms with E-state index in [-0.39, 0.29) is 12.3 Å². The highest BCUT2D eigenvalue weighted by molar-refractivity contribution is 5.95. The summed E-state index contributed by atoms with van der Waals surface area (Å²) in [5.74, 6) is -0.778. The predicted molar refractivity (Wildman–Crippen MR) is 81.4 cm³/mol. The molecule has 1 atom stereocenters. The van der Waals surface area contributed by atoms with Gasteiger partial charge in [0.1, 0.15) is 0 Å². The quantitative estimate of drug-likeness (QED) is 0.881. The molecule has 0 fully saturated rings. The van der Waals surface area contributed by atoms with E-state index in [2.05, 4.69) is 15.3 Å². The maximum absolute atomic E-state index is 12.1. The standard InChI is InChI=1S/C16H17N3O3/c1-10(8-14(20)21)18-16(22)13-9-17-15(19-11(13)2)12-6-4-3-5-7-12/h3-7,9-10H,8H2,1-2H3,(H,18,22)(H,20,21). The molecule has 6 heteroatoms. The summed E-state index contributed by atoms with van der Waals surface area (Å²) in [7, 11) is 0. The molecule has 22 heavy (non-hydrogen) atoms. The number of nitrogens with one attached hydrogen (secondary N) is 1. The first-order valence-corrected chi connectivity index (χ1v) is 6.89. The van der Waals surface area contributed by atoms with Crippen molar-refractivity contribution < 1.29 is 14.7 Å². The first-order valence-electron chi connectivity index (χ1n) is 6.89. The van der Waals surface area contributed by atoms with Crippen LogP contribution >= 0.6 is 0 Å². The number of aryl methyl sites for hydroxylation is 1. The molecular weight excluding hydrogens is 282 g/mol. The molecule has 1 unspecified atom stereocenters. The lowest BCUT2D eigenvalue weighted by atomic mass is 10.1. The van der Waals surface area contributed by atoms with Crippen LogP contribution in [-0.4, -0.2) is 33.0 Å². The van der Waals surface area contributed by atoms with Gasteiger partial charge in [0.25, 0.3) is 5.91 Å². The summed E-state index contributed by atoms with van der Waals surface area (Å²) in [4.78, 5) is 31.3. The van der Waals surface area contributed by atoms with Gasteiger partial charge < -0.3 is 10.4 Å². The number of carbonyl (C=O) groups excluding carboxylic acids is 1. The fourth-order valence-electron chi connectivity index (χ4n) is 2.03. The Balaban J connectivity index is 2.16. The van der Waals surface area contributed by atoms with Gasteiger partial charge in [-0.05, 0) is 13.8 Å². The van der Waals surface area contributed by atoms with Crippen LogP contribution in [0.25, 0.3) is 11.4 Å². The van der Waals surface area contributed by atoms with E-state index < -0.39 is 12.0 Å². The number of carboxylic acid groups (broad SMARTS) is 1. The van der Waals surface area contributed by atoms with Crippen molar-refractivity contribution in [1.82, 2.24) is 15.3 Å². The van der Waals surface area contributed by atoms with Crippen molar-refractivity contribution in [3.8, 4) is 11.4 Å². The molecule has 1 aromatic carbocycles. The van der Waals surface area contributed by atoms with Gasteiger partial charge in [-0.3, -0.25) is 9.59 Å².